The number of hydrogen-bond acceptors (Lipinski definition) is 5. The van der Waals surface area contributed by atoms with Gasteiger partial charge in [0.1, 0.15) is 5.82 Å². The van der Waals surface area contributed by atoms with Crippen molar-refractivity contribution in [3.63, 3.8) is 0 Å². The molecule has 0 saturated carbocycles. The van der Waals surface area contributed by atoms with Gasteiger partial charge in [-0.25, -0.2) is 4.39 Å². The molecule has 0 aliphatic carbocycles. The van der Waals surface area contributed by atoms with Crippen LogP contribution in [0.1, 0.15) is 43.7 Å². The molecule has 1 atom stereocenters. The molecule has 0 saturated heterocycles. The van der Waals surface area contributed by atoms with Gasteiger partial charge in [-0.05, 0) is 55.1 Å². The van der Waals surface area contributed by atoms with E-state index in [0.717, 1.165) is 42.6 Å². The first-order valence-electron chi connectivity index (χ1n) is 12.5. The van der Waals surface area contributed by atoms with E-state index in [1.807, 2.05) is 29.2 Å². The maximum atomic E-state index is 13.4. The molecule has 1 aliphatic rings. The van der Waals surface area contributed by atoms with Crippen LogP contribution in [-0.4, -0.2) is 60.4 Å². The maximum absolute atomic E-state index is 13.4. The number of para-hydroxylation sites is 1. The quantitative estimate of drug-likeness (QED) is 0.591. The topological polar surface area (TPSA) is 95.9 Å². The summed E-state index contributed by atoms with van der Waals surface area (Å²) >= 11 is 0. The number of halogens is 1. The summed E-state index contributed by atoms with van der Waals surface area (Å²) in [7, 11) is 0. The molecule has 0 radical (unpaired) electrons. The highest BCUT2D eigenvalue weighted by atomic mass is 19.1. The van der Waals surface area contributed by atoms with E-state index in [9.17, 15) is 14.0 Å². The van der Waals surface area contributed by atoms with Gasteiger partial charge in [0.25, 0.3) is 0 Å². The zero-order valence-corrected chi connectivity index (χ0v) is 20.7. The van der Waals surface area contributed by atoms with Crippen LogP contribution < -0.4 is 16.4 Å². The Hall–Kier alpha value is -2.81. The Kier molecular flexibility index (Phi) is 10.2. The second-order valence-corrected chi connectivity index (χ2v) is 9.21. The number of amides is 2. The summed E-state index contributed by atoms with van der Waals surface area (Å²) in [6.45, 7) is 5.67. The molecule has 3 rings (SSSR count). The molecule has 0 unspecified atom stereocenters. The highest BCUT2D eigenvalue weighted by Gasteiger charge is 2.25. The summed E-state index contributed by atoms with van der Waals surface area (Å²) in [6, 6.07) is 13.7. The lowest BCUT2D eigenvalue weighted by Gasteiger charge is -2.30. The Morgan fingerprint density at radius 1 is 1.00 bits per heavy atom. The minimum Gasteiger partial charge on any atom is -0.336 e. The van der Waals surface area contributed by atoms with Gasteiger partial charge in [0.05, 0.1) is 6.04 Å². The van der Waals surface area contributed by atoms with E-state index in [4.69, 9.17) is 11.5 Å². The fourth-order valence-electron chi connectivity index (χ4n) is 4.53. The minimum atomic E-state index is -0.590. The molecular weight excluding hydrogens is 445 g/mol. The molecule has 0 aromatic heterocycles. The molecule has 1 heterocycles. The highest BCUT2D eigenvalue weighted by molar-refractivity contribution is 5.92. The Labute approximate surface area is 207 Å². The number of carbonyl (C=O) groups excluding carboxylic acids is 2. The van der Waals surface area contributed by atoms with E-state index < -0.39 is 6.04 Å². The van der Waals surface area contributed by atoms with Crippen LogP contribution in [0, 0.1) is 5.82 Å². The summed E-state index contributed by atoms with van der Waals surface area (Å²) in [6.07, 6.45) is 3.01. The van der Waals surface area contributed by atoms with Gasteiger partial charge in [-0.1, -0.05) is 36.8 Å². The molecule has 0 spiro atoms. The standard InChI is InChI=1S/C27H38FN5O2/c1-21(34)33-16-6-15-31(19-22-10-12-24(28)13-11-22)17-18-32(20-23-7-2-3-9-26(23)33)27(35)25(30)8-4-5-14-29/h2-3,7,9-13,25H,4-6,8,14-20,29-30H2,1H3/t25-/m1/s1. The van der Waals surface area contributed by atoms with Crippen molar-refractivity contribution in [1.29, 1.82) is 0 Å². The first-order chi connectivity index (χ1) is 16.9. The molecule has 4 N–H and O–H groups in total. The summed E-state index contributed by atoms with van der Waals surface area (Å²) in [5.74, 6) is -0.383. The SMILES string of the molecule is CC(=O)N1CCCN(Cc2ccc(F)cc2)CCN(C(=O)[C@H](N)CCCCN)Cc2ccccc21. The molecule has 1 aliphatic heterocycles. The number of carbonyl (C=O) groups is 2. The second kappa shape index (κ2) is 13.3. The second-order valence-electron chi connectivity index (χ2n) is 9.21. The van der Waals surface area contributed by atoms with Crippen LogP contribution in [0.25, 0.3) is 0 Å². The largest absolute Gasteiger partial charge is 0.336 e. The number of rotatable bonds is 7. The van der Waals surface area contributed by atoms with E-state index in [1.54, 1.807) is 24.0 Å². The van der Waals surface area contributed by atoms with E-state index in [2.05, 4.69) is 4.90 Å². The molecule has 2 aromatic rings. The number of anilines is 1. The summed E-state index contributed by atoms with van der Waals surface area (Å²) < 4.78 is 13.4. The van der Waals surface area contributed by atoms with Crippen molar-refractivity contribution in [2.45, 2.75) is 51.7 Å². The average Bonchev–Trinajstić information content (AvgIpc) is 2.88. The van der Waals surface area contributed by atoms with Crippen molar-refractivity contribution in [3.8, 4) is 0 Å². The smallest absolute Gasteiger partial charge is 0.239 e. The third kappa shape index (κ3) is 7.85. The molecular formula is C27H38FN5O2. The zero-order valence-electron chi connectivity index (χ0n) is 20.7. The van der Waals surface area contributed by atoms with Crippen LogP contribution in [0.3, 0.4) is 0 Å². The summed E-state index contributed by atoms with van der Waals surface area (Å²) in [5, 5.41) is 0. The number of nitrogens with two attached hydrogens (primary N) is 2. The van der Waals surface area contributed by atoms with E-state index in [1.165, 1.54) is 12.1 Å². The third-order valence-corrected chi connectivity index (χ3v) is 6.48. The normalized spacial score (nSPS) is 16.3. The molecule has 0 fully saturated rings. The zero-order chi connectivity index (χ0) is 25.2. The summed E-state index contributed by atoms with van der Waals surface area (Å²) in [4.78, 5) is 31.8. The molecule has 7 nitrogen and oxygen atoms in total. The number of benzene rings is 2. The number of fused-ring (bicyclic) bond motifs is 1. The molecule has 2 amide bonds. The first kappa shape index (κ1) is 26.8. The molecule has 35 heavy (non-hydrogen) atoms. The average molecular weight is 484 g/mol. The predicted molar refractivity (Wildman–Crippen MR) is 137 cm³/mol. The number of hydrogen-bond donors (Lipinski definition) is 2. The first-order valence-corrected chi connectivity index (χ1v) is 12.5. The maximum Gasteiger partial charge on any atom is 0.239 e. The van der Waals surface area contributed by atoms with Gasteiger partial charge >= 0.3 is 0 Å². The van der Waals surface area contributed by atoms with Gasteiger partial charge in [-0.2, -0.15) is 0 Å². The van der Waals surface area contributed by atoms with Crippen molar-refractivity contribution in [2.75, 3.05) is 37.6 Å². The third-order valence-electron chi connectivity index (χ3n) is 6.48. The van der Waals surface area contributed by atoms with Gasteiger partial charge in [0, 0.05) is 51.9 Å². The Morgan fingerprint density at radius 3 is 2.46 bits per heavy atom. The van der Waals surface area contributed by atoms with Crippen LogP contribution in [-0.2, 0) is 22.7 Å². The lowest BCUT2D eigenvalue weighted by atomic mass is 10.1. The van der Waals surface area contributed by atoms with Gasteiger partial charge in [-0.3, -0.25) is 14.5 Å². The fourth-order valence-corrected chi connectivity index (χ4v) is 4.53. The summed E-state index contributed by atoms with van der Waals surface area (Å²) in [5.41, 5.74) is 14.7. The monoisotopic (exact) mass is 483 g/mol. The van der Waals surface area contributed by atoms with Gasteiger partial charge < -0.3 is 21.3 Å². The van der Waals surface area contributed by atoms with Crippen molar-refractivity contribution < 1.29 is 14.0 Å². The molecule has 8 heteroatoms. The fraction of sp³-hybridized carbons (Fsp3) is 0.481. The lowest BCUT2D eigenvalue weighted by molar-refractivity contribution is -0.133. The lowest BCUT2D eigenvalue weighted by Crippen LogP contribution is -2.46. The Morgan fingerprint density at radius 2 is 1.74 bits per heavy atom. The minimum absolute atomic E-state index is 0.0295. The highest BCUT2D eigenvalue weighted by Crippen LogP contribution is 2.24. The van der Waals surface area contributed by atoms with Gasteiger partial charge in [0.15, 0.2) is 0 Å². The van der Waals surface area contributed by atoms with E-state index >= 15 is 0 Å². The Bertz CT molecular complexity index is 968. The van der Waals surface area contributed by atoms with Crippen molar-refractivity contribution in [1.82, 2.24) is 9.80 Å². The van der Waals surface area contributed by atoms with E-state index in [-0.39, 0.29) is 17.6 Å². The number of nitrogens with zero attached hydrogens (tertiary/aromatic N) is 3. The van der Waals surface area contributed by atoms with Gasteiger partial charge in [0.2, 0.25) is 11.8 Å². The molecule has 190 valence electrons. The Balaban J connectivity index is 1.86. The van der Waals surface area contributed by atoms with Crippen molar-refractivity contribution in [3.05, 3.63) is 65.5 Å². The predicted octanol–water partition coefficient (Wildman–Crippen LogP) is 2.87. The van der Waals surface area contributed by atoms with Crippen molar-refractivity contribution >= 4 is 17.5 Å². The van der Waals surface area contributed by atoms with Crippen LogP contribution in [0.5, 0.6) is 0 Å². The molecule has 2 aromatic carbocycles. The van der Waals surface area contributed by atoms with Crippen LogP contribution in [0.15, 0.2) is 48.5 Å². The van der Waals surface area contributed by atoms with Crippen LogP contribution in [0.4, 0.5) is 10.1 Å². The van der Waals surface area contributed by atoms with Crippen molar-refractivity contribution in [2.24, 2.45) is 11.5 Å². The van der Waals surface area contributed by atoms with E-state index in [0.29, 0.717) is 45.7 Å². The van der Waals surface area contributed by atoms with Crippen LogP contribution in [0.2, 0.25) is 0 Å². The van der Waals surface area contributed by atoms with Crippen LogP contribution >= 0.6 is 0 Å². The number of unbranched alkanes of at least 4 members (excludes halogenated alkanes) is 1. The molecule has 0 bridgehead atoms. The van der Waals surface area contributed by atoms with Gasteiger partial charge in [-0.15, -0.1) is 0 Å².